The van der Waals surface area contributed by atoms with E-state index in [4.69, 9.17) is 5.11 Å². The number of rotatable bonds is 11. The molecule has 7 nitrogen and oxygen atoms in total. The molecule has 1 atom stereocenters. The van der Waals surface area contributed by atoms with Crippen LogP contribution in [0.5, 0.6) is 0 Å². The molecule has 0 radical (unpaired) electrons. The van der Waals surface area contributed by atoms with Crippen molar-refractivity contribution in [2.45, 2.75) is 57.4 Å². The number of pyridine rings is 1. The first-order valence-electron chi connectivity index (χ1n) is 9.94. The lowest BCUT2D eigenvalue weighted by Crippen LogP contribution is -2.24. The molecule has 1 aromatic rings. The number of nitrogens with zero attached hydrogens (tertiary/aromatic N) is 2. The van der Waals surface area contributed by atoms with Crippen molar-refractivity contribution in [3.63, 3.8) is 0 Å². The van der Waals surface area contributed by atoms with Crippen LogP contribution >= 0.6 is 0 Å². The van der Waals surface area contributed by atoms with Gasteiger partial charge in [0, 0.05) is 37.9 Å². The van der Waals surface area contributed by atoms with Gasteiger partial charge in [-0.3, -0.25) is 14.7 Å². The number of nitrogens with one attached hydrogen (secondary N) is 2. The summed E-state index contributed by atoms with van der Waals surface area (Å²) in [7, 11) is 2.17. The zero-order chi connectivity index (χ0) is 19.5. The fourth-order valence-corrected chi connectivity index (χ4v) is 3.55. The van der Waals surface area contributed by atoms with E-state index in [0.717, 1.165) is 38.6 Å². The molecule has 2 heterocycles. The number of carbonyl (C=O) groups excluding carboxylic acids is 1. The number of hydrogen-bond acceptors (Lipinski definition) is 4. The van der Waals surface area contributed by atoms with Crippen molar-refractivity contribution < 1.29 is 14.7 Å². The molecule has 2 amide bonds. The number of likely N-dealkylation sites (tertiary alicyclic amines) is 1. The topological polar surface area (TPSA) is 94.6 Å². The van der Waals surface area contributed by atoms with Crippen molar-refractivity contribution in [2.75, 3.05) is 26.7 Å². The second-order valence-corrected chi connectivity index (χ2v) is 7.26. The van der Waals surface area contributed by atoms with Crippen LogP contribution in [0, 0.1) is 0 Å². The predicted octanol–water partition coefficient (Wildman–Crippen LogP) is 2.73. The highest BCUT2D eigenvalue weighted by Gasteiger charge is 2.22. The highest BCUT2D eigenvalue weighted by Crippen LogP contribution is 2.30. The molecule has 0 saturated carbocycles. The summed E-state index contributed by atoms with van der Waals surface area (Å²) in [6.45, 7) is 2.27. The third kappa shape index (κ3) is 7.95. The summed E-state index contributed by atoms with van der Waals surface area (Å²) < 4.78 is 0. The van der Waals surface area contributed by atoms with Gasteiger partial charge in [-0.2, -0.15) is 0 Å². The standard InChI is InChI=1S/C20H32N4O3/c1-24-12-6-8-18(24)17-13-16(14-21-15-17)7-5-11-22-19(25)9-3-2-4-10-23-20(26)27/h13-15,18,23H,2-12H2,1H3,(H,22,25)(H,26,27)/t18-/m0/s1. The summed E-state index contributed by atoms with van der Waals surface area (Å²) in [6, 6.07) is 2.75. The Morgan fingerprint density at radius 1 is 1.19 bits per heavy atom. The third-order valence-corrected chi connectivity index (χ3v) is 5.04. The fraction of sp³-hybridized carbons (Fsp3) is 0.650. The van der Waals surface area contributed by atoms with E-state index in [-0.39, 0.29) is 5.91 Å². The normalized spacial score (nSPS) is 17.0. The van der Waals surface area contributed by atoms with Gasteiger partial charge < -0.3 is 15.7 Å². The molecular formula is C20H32N4O3. The molecule has 150 valence electrons. The van der Waals surface area contributed by atoms with E-state index in [1.54, 1.807) is 0 Å². The summed E-state index contributed by atoms with van der Waals surface area (Å²) in [4.78, 5) is 28.9. The molecule has 27 heavy (non-hydrogen) atoms. The van der Waals surface area contributed by atoms with E-state index in [2.05, 4.69) is 33.6 Å². The van der Waals surface area contributed by atoms with Crippen molar-refractivity contribution in [1.29, 1.82) is 0 Å². The van der Waals surface area contributed by atoms with Crippen LogP contribution in [0.25, 0.3) is 0 Å². The van der Waals surface area contributed by atoms with Gasteiger partial charge in [0.1, 0.15) is 0 Å². The predicted molar refractivity (Wildman–Crippen MR) is 105 cm³/mol. The number of carbonyl (C=O) groups is 2. The second kappa shape index (κ2) is 11.5. The van der Waals surface area contributed by atoms with Crippen LogP contribution in [0.4, 0.5) is 4.79 Å². The number of hydrogen-bond donors (Lipinski definition) is 3. The van der Waals surface area contributed by atoms with Crippen LogP contribution < -0.4 is 10.6 Å². The lowest BCUT2D eigenvalue weighted by atomic mass is 10.0. The first-order valence-corrected chi connectivity index (χ1v) is 9.94. The quantitative estimate of drug-likeness (QED) is 0.516. The smallest absolute Gasteiger partial charge is 0.404 e. The van der Waals surface area contributed by atoms with Gasteiger partial charge in [-0.1, -0.05) is 12.5 Å². The zero-order valence-corrected chi connectivity index (χ0v) is 16.2. The molecule has 2 rings (SSSR count). The minimum atomic E-state index is -0.997. The fourth-order valence-electron chi connectivity index (χ4n) is 3.55. The van der Waals surface area contributed by atoms with Crippen LogP contribution in [0.3, 0.4) is 0 Å². The van der Waals surface area contributed by atoms with E-state index < -0.39 is 6.09 Å². The summed E-state index contributed by atoms with van der Waals surface area (Å²) in [5.74, 6) is 0.0700. The highest BCUT2D eigenvalue weighted by molar-refractivity contribution is 5.75. The molecule has 0 aromatic carbocycles. The molecular weight excluding hydrogens is 344 g/mol. The highest BCUT2D eigenvalue weighted by atomic mass is 16.4. The van der Waals surface area contributed by atoms with Gasteiger partial charge in [0.15, 0.2) is 0 Å². The Bertz CT molecular complexity index is 609. The van der Waals surface area contributed by atoms with Crippen LogP contribution in [-0.4, -0.2) is 53.7 Å². The Balaban J connectivity index is 1.57. The number of aromatic nitrogens is 1. The van der Waals surface area contributed by atoms with Gasteiger partial charge >= 0.3 is 6.09 Å². The summed E-state index contributed by atoms with van der Waals surface area (Å²) in [6.07, 6.45) is 10.1. The molecule has 3 N–H and O–H groups in total. The minimum absolute atomic E-state index is 0.0700. The van der Waals surface area contributed by atoms with Gasteiger partial charge in [-0.05, 0) is 63.2 Å². The largest absolute Gasteiger partial charge is 0.465 e. The van der Waals surface area contributed by atoms with Crippen LogP contribution in [-0.2, 0) is 11.2 Å². The Hall–Kier alpha value is -2.15. The van der Waals surface area contributed by atoms with E-state index in [9.17, 15) is 9.59 Å². The van der Waals surface area contributed by atoms with Crippen molar-refractivity contribution in [3.8, 4) is 0 Å². The van der Waals surface area contributed by atoms with Crippen molar-refractivity contribution in [2.24, 2.45) is 0 Å². The number of aryl methyl sites for hydroxylation is 1. The molecule has 0 aliphatic carbocycles. The lowest BCUT2D eigenvalue weighted by Gasteiger charge is -2.19. The first kappa shape index (κ1) is 21.2. The monoisotopic (exact) mass is 376 g/mol. The molecule has 0 bridgehead atoms. The van der Waals surface area contributed by atoms with Crippen molar-refractivity contribution in [3.05, 3.63) is 29.6 Å². The number of unbranched alkanes of at least 4 members (excludes halogenated alkanes) is 2. The molecule has 1 aromatic heterocycles. The van der Waals surface area contributed by atoms with Gasteiger partial charge in [-0.15, -0.1) is 0 Å². The van der Waals surface area contributed by atoms with E-state index in [0.29, 0.717) is 25.6 Å². The van der Waals surface area contributed by atoms with Gasteiger partial charge in [0.2, 0.25) is 5.91 Å². The lowest BCUT2D eigenvalue weighted by molar-refractivity contribution is -0.121. The van der Waals surface area contributed by atoms with Crippen molar-refractivity contribution >= 4 is 12.0 Å². The summed E-state index contributed by atoms with van der Waals surface area (Å²) in [5.41, 5.74) is 2.53. The molecule has 1 fully saturated rings. The van der Waals surface area contributed by atoms with Crippen LogP contribution in [0.1, 0.15) is 62.1 Å². The minimum Gasteiger partial charge on any atom is -0.465 e. The SMILES string of the molecule is CN1CCC[C@H]1c1cncc(CCCNC(=O)CCCCCNC(=O)O)c1. The molecule has 0 spiro atoms. The maximum Gasteiger partial charge on any atom is 0.404 e. The molecule has 7 heteroatoms. The van der Waals surface area contributed by atoms with Crippen LogP contribution in [0.15, 0.2) is 18.5 Å². The van der Waals surface area contributed by atoms with Gasteiger partial charge in [-0.25, -0.2) is 4.79 Å². The number of carboxylic acid groups (broad SMARTS) is 1. The maximum absolute atomic E-state index is 11.8. The van der Waals surface area contributed by atoms with Gasteiger partial charge in [0.25, 0.3) is 0 Å². The summed E-state index contributed by atoms with van der Waals surface area (Å²) in [5, 5.41) is 13.7. The number of amides is 2. The Morgan fingerprint density at radius 2 is 2.00 bits per heavy atom. The van der Waals surface area contributed by atoms with Crippen LogP contribution in [0.2, 0.25) is 0 Å². The average Bonchev–Trinajstić information content (AvgIpc) is 3.08. The second-order valence-electron chi connectivity index (χ2n) is 7.26. The zero-order valence-electron chi connectivity index (χ0n) is 16.2. The van der Waals surface area contributed by atoms with E-state index in [1.807, 2.05) is 12.4 Å². The van der Waals surface area contributed by atoms with Crippen molar-refractivity contribution in [1.82, 2.24) is 20.5 Å². The summed E-state index contributed by atoms with van der Waals surface area (Å²) >= 11 is 0. The van der Waals surface area contributed by atoms with Gasteiger partial charge in [0.05, 0.1) is 0 Å². The Kier molecular flexibility index (Phi) is 9.04. The van der Waals surface area contributed by atoms with E-state index >= 15 is 0 Å². The van der Waals surface area contributed by atoms with E-state index in [1.165, 1.54) is 24.0 Å². The Labute approximate surface area is 161 Å². The maximum atomic E-state index is 11.8. The first-order chi connectivity index (χ1) is 13.1. The molecule has 1 saturated heterocycles. The molecule has 1 aliphatic heterocycles. The third-order valence-electron chi connectivity index (χ3n) is 5.04. The molecule has 0 unspecified atom stereocenters. The average molecular weight is 377 g/mol. The Morgan fingerprint density at radius 3 is 2.74 bits per heavy atom. The molecule has 1 aliphatic rings.